The van der Waals surface area contributed by atoms with Crippen LogP contribution in [0.4, 0.5) is 14.5 Å². The first-order valence-corrected chi connectivity index (χ1v) is 6.62. The number of rotatable bonds is 1. The standard InChI is InChI=1S/C14H15F2N3O/c1-17-14-11(15)3-2-10(13(14)16)12-7-19-5-4-18-6-9(19)8-20-12/h2-3,9,12,18H,4-8H2/t9-,12+/m0/s1. The first-order valence-electron chi connectivity index (χ1n) is 6.62. The van der Waals surface area contributed by atoms with Crippen molar-refractivity contribution in [2.75, 3.05) is 32.8 Å². The van der Waals surface area contributed by atoms with Crippen LogP contribution in [-0.2, 0) is 4.74 Å². The van der Waals surface area contributed by atoms with Gasteiger partial charge in [-0.1, -0.05) is 6.07 Å². The van der Waals surface area contributed by atoms with Crippen LogP contribution in [0.5, 0.6) is 0 Å². The summed E-state index contributed by atoms with van der Waals surface area (Å²) in [6.07, 6.45) is -0.439. The van der Waals surface area contributed by atoms with E-state index in [1.807, 2.05) is 0 Å². The van der Waals surface area contributed by atoms with Crippen molar-refractivity contribution >= 4 is 5.69 Å². The molecule has 0 amide bonds. The Morgan fingerprint density at radius 2 is 2.25 bits per heavy atom. The van der Waals surface area contributed by atoms with Gasteiger partial charge in [0.15, 0.2) is 0 Å². The van der Waals surface area contributed by atoms with E-state index in [0.717, 1.165) is 25.7 Å². The smallest absolute Gasteiger partial charge is 0.257 e. The lowest BCUT2D eigenvalue weighted by Gasteiger charge is -2.42. The Labute approximate surface area is 116 Å². The van der Waals surface area contributed by atoms with Crippen molar-refractivity contribution in [3.05, 3.63) is 40.7 Å². The number of ether oxygens (including phenoxy) is 1. The summed E-state index contributed by atoms with van der Waals surface area (Å²) < 4.78 is 33.2. The van der Waals surface area contributed by atoms with Crippen molar-refractivity contribution in [1.29, 1.82) is 0 Å². The zero-order valence-electron chi connectivity index (χ0n) is 10.9. The van der Waals surface area contributed by atoms with E-state index in [4.69, 9.17) is 11.3 Å². The van der Waals surface area contributed by atoms with E-state index in [9.17, 15) is 8.78 Å². The Morgan fingerprint density at radius 1 is 1.40 bits per heavy atom. The van der Waals surface area contributed by atoms with Crippen LogP contribution in [0, 0.1) is 18.2 Å². The fourth-order valence-electron chi connectivity index (χ4n) is 2.80. The molecule has 0 bridgehead atoms. The second-order valence-electron chi connectivity index (χ2n) is 5.09. The van der Waals surface area contributed by atoms with E-state index in [1.165, 1.54) is 6.07 Å². The first kappa shape index (κ1) is 13.4. The lowest BCUT2D eigenvalue weighted by Crippen LogP contribution is -2.57. The predicted molar refractivity (Wildman–Crippen MR) is 69.5 cm³/mol. The number of fused-ring (bicyclic) bond motifs is 1. The van der Waals surface area contributed by atoms with Crippen LogP contribution in [0.3, 0.4) is 0 Å². The Morgan fingerprint density at radius 3 is 3.05 bits per heavy atom. The lowest BCUT2D eigenvalue weighted by molar-refractivity contribution is -0.0729. The Bertz CT molecular complexity index is 558. The molecular formula is C14H15F2N3O. The van der Waals surface area contributed by atoms with Gasteiger partial charge in [0, 0.05) is 37.8 Å². The molecule has 4 nitrogen and oxygen atoms in total. The van der Waals surface area contributed by atoms with Crippen LogP contribution >= 0.6 is 0 Å². The van der Waals surface area contributed by atoms with Gasteiger partial charge in [-0.05, 0) is 6.07 Å². The van der Waals surface area contributed by atoms with Gasteiger partial charge in [0.25, 0.3) is 5.69 Å². The predicted octanol–water partition coefficient (Wildman–Crippen LogP) is 1.86. The van der Waals surface area contributed by atoms with E-state index in [1.54, 1.807) is 0 Å². The molecule has 1 N–H and O–H groups in total. The molecule has 2 heterocycles. The molecule has 3 rings (SSSR count). The monoisotopic (exact) mass is 279 g/mol. The van der Waals surface area contributed by atoms with Crippen LogP contribution in [-0.4, -0.2) is 43.7 Å². The number of hydrogen-bond acceptors (Lipinski definition) is 3. The molecule has 1 aromatic carbocycles. The van der Waals surface area contributed by atoms with Crippen LogP contribution in [0.25, 0.3) is 4.85 Å². The van der Waals surface area contributed by atoms with Crippen LogP contribution in [0.1, 0.15) is 11.7 Å². The van der Waals surface area contributed by atoms with Gasteiger partial charge >= 0.3 is 0 Å². The second-order valence-corrected chi connectivity index (χ2v) is 5.09. The van der Waals surface area contributed by atoms with Gasteiger partial charge in [0.05, 0.1) is 19.3 Å². The Hall–Kier alpha value is -1.55. The minimum atomic E-state index is -0.822. The summed E-state index contributed by atoms with van der Waals surface area (Å²) in [5.74, 6) is -1.62. The topological polar surface area (TPSA) is 28.9 Å². The zero-order chi connectivity index (χ0) is 14.1. The summed E-state index contributed by atoms with van der Waals surface area (Å²) in [6, 6.07) is 2.83. The SMILES string of the molecule is [C-]#[N+]c1c(F)ccc([C@H]2CN3CCNC[C@H]3CO2)c1F. The molecule has 2 saturated heterocycles. The fourth-order valence-corrected chi connectivity index (χ4v) is 2.80. The number of halogens is 2. The van der Waals surface area contributed by atoms with Gasteiger partial charge in [0.1, 0.15) is 11.6 Å². The highest BCUT2D eigenvalue weighted by molar-refractivity contribution is 5.50. The Kier molecular flexibility index (Phi) is 3.66. The van der Waals surface area contributed by atoms with Crippen molar-refractivity contribution < 1.29 is 13.5 Å². The van der Waals surface area contributed by atoms with Gasteiger partial charge in [-0.3, -0.25) is 4.90 Å². The maximum atomic E-state index is 14.2. The number of hydrogen-bond donors (Lipinski definition) is 1. The van der Waals surface area contributed by atoms with Gasteiger partial charge < -0.3 is 10.1 Å². The number of piperazine rings is 1. The maximum absolute atomic E-state index is 14.2. The van der Waals surface area contributed by atoms with E-state index < -0.39 is 23.4 Å². The highest BCUT2D eigenvalue weighted by Crippen LogP contribution is 2.32. The maximum Gasteiger partial charge on any atom is 0.257 e. The molecule has 20 heavy (non-hydrogen) atoms. The highest BCUT2D eigenvalue weighted by Gasteiger charge is 2.33. The second kappa shape index (κ2) is 5.44. The summed E-state index contributed by atoms with van der Waals surface area (Å²) in [4.78, 5) is 5.18. The summed E-state index contributed by atoms with van der Waals surface area (Å²) in [5, 5.41) is 3.29. The van der Waals surface area contributed by atoms with Gasteiger partial charge in [-0.2, -0.15) is 0 Å². The van der Waals surface area contributed by atoms with E-state index >= 15 is 0 Å². The summed E-state index contributed by atoms with van der Waals surface area (Å²) >= 11 is 0. The molecule has 106 valence electrons. The third kappa shape index (κ3) is 2.29. The van der Waals surface area contributed by atoms with Crippen LogP contribution in [0.2, 0.25) is 0 Å². The molecule has 1 aromatic rings. The molecule has 2 fully saturated rings. The zero-order valence-corrected chi connectivity index (χ0v) is 10.9. The van der Waals surface area contributed by atoms with Crippen molar-refractivity contribution in [2.45, 2.75) is 12.1 Å². The number of morpholine rings is 1. The molecule has 0 radical (unpaired) electrons. The molecule has 2 aliphatic heterocycles. The van der Waals surface area contributed by atoms with E-state index in [2.05, 4.69) is 15.1 Å². The lowest BCUT2D eigenvalue weighted by atomic mass is 10.0. The summed E-state index contributed by atoms with van der Waals surface area (Å²) in [5.41, 5.74) is -0.275. The molecular weight excluding hydrogens is 264 g/mol. The Balaban J connectivity index is 1.85. The molecule has 0 aromatic heterocycles. The average molecular weight is 279 g/mol. The van der Waals surface area contributed by atoms with Gasteiger partial charge in [0.2, 0.25) is 0 Å². The van der Waals surface area contributed by atoms with Gasteiger partial charge in [-0.15, -0.1) is 0 Å². The van der Waals surface area contributed by atoms with Crippen molar-refractivity contribution in [1.82, 2.24) is 10.2 Å². The average Bonchev–Trinajstić information content (AvgIpc) is 2.47. The third-order valence-corrected chi connectivity index (χ3v) is 3.92. The summed E-state index contributed by atoms with van der Waals surface area (Å²) in [6.45, 7) is 10.6. The first-order chi connectivity index (χ1) is 9.70. The fraction of sp³-hybridized carbons (Fsp3) is 0.500. The van der Waals surface area contributed by atoms with Crippen LogP contribution < -0.4 is 5.32 Å². The van der Waals surface area contributed by atoms with Crippen molar-refractivity contribution in [3.63, 3.8) is 0 Å². The number of nitrogens with zero attached hydrogens (tertiary/aromatic N) is 2. The number of benzene rings is 1. The third-order valence-electron chi connectivity index (χ3n) is 3.92. The molecule has 0 unspecified atom stereocenters. The highest BCUT2D eigenvalue weighted by atomic mass is 19.1. The minimum absolute atomic E-state index is 0.273. The van der Waals surface area contributed by atoms with E-state index in [-0.39, 0.29) is 5.56 Å². The number of nitrogens with one attached hydrogen (secondary N) is 1. The summed E-state index contributed by atoms with van der Waals surface area (Å²) in [7, 11) is 0. The van der Waals surface area contributed by atoms with Crippen molar-refractivity contribution in [2.24, 2.45) is 0 Å². The van der Waals surface area contributed by atoms with Gasteiger partial charge in [-0.25, -0.2) is 13.6 Å². The van der Waals surface area contributed by atoms with E-state index in [0.29, 0.717) is 19.2 Å². The normalized spacial score (nSPS) is 26.9. The van der Waals surface area contributed by atoms with Crippen molar-refractivity contribution in [3.8, 4) is 0 Å². The molecule has 0 saturated carbocycles. The quantitative estimate of drug-likeness (QED) is 0.796. The van der Waals surface area contributed by atoms with Crippen LogP contribution in [0.15, 0.2) is 12.1 Å². The largest absolute Gasteiger partial charge is 0.370 e. The molecule has 0 aliphatic carbocycles. The molecule has 0 spiro atoms. The molecule has 6 heteroatoms. The molecule has 2 aliphatic rings. The molecule has 2 atom stereocenters. The minimum Gasteiger partial charge on any atom is -0.370 e.